The van der Waals surface area contributed by atoms with Gasteiger partial charge in [-0.2, -0.15) is 0 Å². The Morgan fingerprint density at radius 3 is 2.96 bits per heavy atom. The van der Waals surface area contributed by atoms with E-state index in [-0.39, 0.29) is 5.91 Å². The van der Waals surface area contributed by atoms with Crippen LogP contribution < -0.4 is 5.32 Å². The van der Waals surface area contributed by atoms with E-state index < -0.39 is 0 Å². The quantitative estimate of drug-likeness (QED) is 0.710. The molecule has 3 aromatic heterocycles. The molecule has 0 fully saturated rings. The zero-order chi connectivity index (χ0) is 16.1. The predicted octanol–water partition coefficient (Wildman–Crippen LogP) is 2.67. The molecule has 0 aromatic carbocycles. The van der Waals surface area contributed by atoms with Crippen molar-refractivity contribution in [2.75, 3.05) is 6.54 Å². The Balaban J connectivity index is 1.56. The molecule has 0 saturated carbocycles. The topological polar surface area (TPSA) is 73.0 Å². The normalized spacial score (nSPS) is 10.7. The summed E-state index contributed by atoms with van der Waals surface area (Å²) in [5.41, 5.74) is 2.00. The van der Waals surface area contributed by atoms with Gasteiger partial charge < -0.3 is 14.3 Å². The second-order valence-corrected chi connectivity index (χ2v) is 5.22. The summed E-state index contributed by atoms with van der Waals surface area (Å²) in [6, 6.07) is 7.24. The number of furan rings is 1. The first kappa shape index (κ1) is 15.0. The summed E-state index contributed by atoms with van der Waals surface area (Å²) in [6.07, 6.45) is 7.87. The van der Waals surface area contributed by atoms with Crippen molar-refractivity contribution in [1.29, 1.82) is 0 Å². The average Bonchev–Trinajstić information content (AvgIpc) is 3.24. The molecule has 1 amide bonds. The zero-order valence-corrected chi connectivity index (χ0v) is 12.9. The molecule has 118 valence electrons. The fraction of sp³-hybridized carbons (Fsp3) is 0.235. The number of imidazole rings is 1. The molecule has 0 spiro atoms. The average molecular weight is 310 g/mol. The molecule has 0 aliphatic carbocycles. The zero-order valence-electron chi connectivity index (χ0n) is 12.9. The van der Waals surface area contributed by atoms with Crippen molar-refractivity contribution in [1.82, 2.24) is 19.9 Å². The van der Waals surface area contributed by atoms with E-state index in [0.29, 0.717) is 23.6 Å². The number of nitrogens with zero attached hydrogens (tertiary/aromatic N) is 3. The number of amides is 1. The highest BCUT2D eigenvalue weighted by atomic mass is 16.3. The lowest BCUT2D eigenvalue weighted by atomic mass is 10.1. The maximum absolute atomic E-state index is 12.2. The molecule has 0 bridgehead atoms. The molecule has 0 radical (unpaired) electrons. The Bertz CT molecular complexity index is 764. The molecule has 0 aliphatic rings. The minimum atomic E-state index is -0.105. The van der Waals surface area contributed by atoms with Crippen LogP contribution in [0.1, 0.15) is 22.5 Å². The van der Waals surface area contributed by atoms with Crippen molar-refractivity contribution in [3.8, 4) is 11.5 Å². The number of rotatable bonds is 6. The molecular weight excluding hydrogens is 292 g/mol. The lowest BCUT2D eigenvalue weighted by molar-refractivity contribution is 0.0951. The van der Waals surface area contributed by atoms with Crippen LogP contribution in [0.25, 0.3) is 11.5 Å². The van der Waals surface area contributed by atoms with E-state index in [1.165, 1.54) is 0 Å². The number of aromatic nitrogens is 3. The molecule has 3 heterocycles. The van der Waals surface area contributed by atoms with Crippen LogP contribution in [0.5, 0.6) is 0 Å². The molecule has 6 heteroatoms. The molecule has 0 atom stereocenters. The smallest absolute Gasteiger partial charge is 0.253 e. The number of carbonyl (C=O) groups excluding carboxylic acids is 1. The van der Waals surface area contributed by atoms with Crippen molar-refractivity contribution in [2.24, 2.45) is 0 Å². The monoisotopic (exact) mass is 310 g/mol. The molecule has 3 rings (SSSR count). The van der Waals surface area contributed by atoms with Gasteiger partial charge in [0.05, 0.1) is 23.8 Å². The maximum atomic E-state index is 12.2. The molecule has 6 nitrogen and oxygen atoms in total. The van der Waals surface area contributed by atoms with Gasteiger partial charge in [-0.1, -0.05) is 0 Å². The summed E-state index contributed by atoms with van der Waals surface area (Å²) in [6.45, 7) is 3.26. The lowest BCUT2D eigenvalue weighted by Crippen LogP contribution is -2.26. The highest BCUT2D eigenvalue weighted by Crippen LogP contribution is 2.19. The van der Waals surface area contributed by atoms with Crippen LogP contribution in [0, 0.1) is 6.92 Å². The van der Waals surface area contributed by atoms with Crippen LogP contribution in [0.15, 0.2) is 53.7 Å². The van der Waals surface area contributed by atoms with Gasteiger partial charge in [0, 0.05) is 25.5 Å². The first-order valence-electron chi connectivity index (χ1n) is 7.49. The van der Waals surface area contributed by atoms with E-state index in [1.807, 2.05) is 29.8 Å². The largest absolute Gasteiger partial charge is 0.463 e. The van der Waals surface area contributed by atoms with Crippen molar-refractivity contribution in [2.45, 2.75) is 19.9 Å². The highest BCUT2D eigenvalue weighted by molar-refractivity contribution is 5.95. The van der Waals surface area contributed by atoms with Crippen LogP contribution in [0.4, 0.5) is 0 Å². The van der Waals surface area contributed by atoms with Gasteiger partial charge in [0.1, 0.15) is 5.69 Å². The Labute approximate surface area is 134 Å². The fourth-order valence-electron chi connectivity index (χ4n) is 2.34. The second kappa shape index (κ2) is 6.91. The van der Waals surface area contributed by atoms with E-state index in [1.54, 1.807) is 30.9 Å². The molecular formula is C17H18N4O2. The first-order chi connectivity index (χ1) is 11.2. The number of hydrogen-bond acceptors (Lipinski definition) is 4. The number of hydrogen-bond donors (Lipinski definition) is 1. The second-order valence-electron chi connectivity index (χ2n) is 5.22. The van der Waals surface area contributed by atoms with Crippen molar-refractivity contribution >= 4 is 5.91 Å². The molecule has 3 aromatic rings. The number of pyridine rings is 1. The summed E-state index contributed by atoms with van der Waals surface area (Å²) in [5, 5.41) is 2.92. The Morgan fingerprint density at radius 1 is 1.35 bits per heavy atom. The third kappa shape index (κ3) is 3.66. The van der Waals surface area contributed by atoms with Gasteiger partial charge in [0.15, 0.2) is 5.76 Å². The SMILES string of the molecule is Cc1nc(-c2ccco2)ccc1C(=O)NCCCn1ccnc1. The standard InChI is InChI=1S/C17H18N4O2/c1-13-14(5-6-15(20-13)16-4-2-11-23-16)17(22)19-7-3-9-21-10-8-18-12-21/h2,4-6,8,10-12H,3,7,9H2,1H3,(H,19,22). The number of nitrogens with one attached hydrogen (secondary N) is 1. The third-order valence-corrected chi connectivity index (χ3v) is 3.54. The Morgan fingerprint density at radius 2 is 2.26 bits per heavy atom. The minimum Gasteiger partial charge on any atom is -0.463 e. The Kier molecular flexibility index (Phi) is 4.52. The fourth-order valence-corrected chi connectivity index (χ4v) is 2.34. The maximum Gasteiger partial charge on any atom is 0.253 e. The van der Waals surface area contributed by atoms with Crippen LogP contribution in [0.3, 0.4) is 0 Å². The molecule has 0 unspecified atom stereocenters. The van der Waals surface area contributed by atoms with Crippen molar-refractivity contribution in [3.63, 3.8) is 0 Å². The molecule has 1 N–H and O–H groups in total. The van der Waals surface area contributed by atoms with Crippen molar-refractivity contribution < 1.29 is 9.21 Å². The summed E-state index contributed by atoms with van der Waals surface area (Å²) < 4.78 is 7.30. The minimum absolute atomic E-state index is 0.105. The van der Waals surface area contributed by atoms with Gasteiger partial charge in [0.2, 0.25) is 0 Å². The first-order valence-corrected chi connectivity index (χ1v) is 7.49. The van der Waals surface area contributed by atoms with E-state index in [2.05, 4.69) is 15.3 Å². The van der Waals surface area contributed by atoms with Gasteiger partial charge >= 0.3 is 0 Å². The Hall–Kier alpha value is -2.89. The molecule has 0 saturated heterocycles. The van der Waals surface area contributed by atoms with E-state index >= 15 is 0 Å². The van der Waals surface area contributed by atoms with Crippen LogP contribution in [-0.2, 0) is 6.54 Å². The van der Waals surface area contributed by atoms with Crippen LogP contribution in [0.2, 0.25) is 0 Å². The van der Waals surface area contributed by atoms with E-state index in [4.69, 9.17) is 4.42 Å². The summed E-state index contributed by atoms with van der Waals surface area (Å²) in [5.74, 6) is 0.590. The van der Waals surface area contributed by atoms with Gasteiger partial charge in [-0.3, -0.25) is 4.79 Å². The summed E-state index contributed by atoms with van der Waals surface area (Å²) >= 11 is 0. The van der Waals surface area contributed by atoms with Gasteiger partial charge in [-0.25, -0.2) is 9.97 Å². The molecule has 23 heavy (non-hydrogen) atoms. The van der Waals surface area contributed by atoms with Gasteiger partial charge in [0.25, 0.3) is 5.91 Å². The van der Waals surface area contributed by atoms with Gasteiger partial charge in [-0.05, 0) is 37.6 Å². The van der Waals surface area contributed by atoms with Crippen LogP contribution >= 0.6 is 0 Å². The lowest BCUT2D eigenvalue weighted by Gasteiger charge is -2.08. The van der Waals surface area contributed by atoms with Gasteiger partial charge in [-0.15, -0.1) is 0 Å². The van der Waals surface area contributed by atoms with Crippen LogP contribution in [-0.4, -0.2) is 27.0 Å². The number of carbonyl (C=O) groups is 1. The van der Waals surface area contributed by atoms with E-state index in [9.17, 15) is 4.79 Å². The summed E-state index contributed by atoms with van der Waals surface area (Å²) in [7, 11) is 0. The van der Waals surface area contributed by atoms with E-state index in [0.717, 1.165) is 18.7 Å². The predicted molar refractivity (Wildman–Crippen MR) is 85.9 cm³/mol. The highest BCUT2D eigenvalue weighted by Gasteiger charge is 2.11. The molecule has 0 aliphatic heterocycles. The summed E-state index contributed by atoms with van der Waals surface area (Å²) in [4.78, 5) is 20.7. The number of aryl methyl sites for hydroxylation is 2. The van der Waals surface area contributed by atoms with Crippen molar-refractivity contribution in [3.05, 3.63) is 60.5 Å². The third-order valence-electron chi connectivity index (χ3n) is 3.54.